The zero-order chi connectivity index (χ0) is 23.2. The maximum absolute atomic E-state index is 12.8. The lowest BCUT2D eigenvalue weighted by Gasteiger charge is -2.32. The smallest absolute Gasteiger partial charge is 0.412 e. The molecule has 0 bridgehead atoms. The van der Waals surface area contributed by atoms with Crippen molar-refractivity contribution in [2.24, 2.45) is 0 Å². The molecule has 1 amide bonds. The number of aliphatic hydroxyl groups excluding tert-OH is 1. The number of ether oxygens (including phenoxy) is 3. The van der Waals surface area contributed by atoms with Crippen LogP contribution in [0.4, 0.5) is 4.79 Å². The van der Waals surface area contributed by atoms with Gasteiger partial charge in [-0.2, -0.15) is 0 Å². The Hall–Kier alpha value is -3.65. The van der Waals surface area contributed by atoms with Crippen LogP contribution >= 0.6 is 0 Å². The quantitative estimate of drug-likeness (QED) is 0.391. The highest BCUT2D eigenvalue weighted by atomic mass is 16.6. The number of allylic oxidation sites excluding steroid dienone is 1. The summed E-state index contributed by atoms with van der Waals surface area (Å²) in [6.07, 6.45) is 0.276. The van der Waals surface area contributed by atoms with Crippen LogP contribution in [0.15, 0.2) is 72.3 Å². The Balaban J connectivity index is 1.52. The van der Waals surface area contributed by atoms with E-state index in [0.717, 1.165) is 5.57 Å². The van der Waals surface area contributed by atoms with E-state index in [1.165, 1.54) is 4.90 Å². The topological polar surface area (TPSA) is 102 Å². The molecule has 0 aromatic heterocycles. The Bertz CT molecular complexity index is 1020. The summed E-state index contributed by atoms with van der Waals surface area (Å²) in [5.74, 6) is -1.03. The summed E-state index contributed by atoms with van der Waals surface area (Å²) >= 11 is 0. The average molecular weight is 451 g/mol. The van der Waals surface area contributed by atoms with Gasteiger partial charge in [-0.25, -0.2) is 14.4 Å². The Morgan fingerprint density at radius 2 is 1.58 bits per heavy atom. The van der Waals surface area contributed by atoms with Gasteiger partial charge in [-0.1, -0.05) is 42.5 Å². The second kappa shape index (κ2) is 10.3. The van der Waals surface area contributed by atoms with Gasteiger partial charge in [-0.05, 0) is 49.1 Å². The second-order valence-electron chi connectivity index (χ2n) is 7.86. The van der Waals surface area contributed by atoms with Crippen molar-refractivity contribution >= 4 is 18.0 Å². The van der Waals surface area contributed by atoms with E-state index in [4.69, 9.17) is 14.2 Å². The average Bonchev–Trinajstić information content (AvgIpc) is 3.17. The lowest BCUT2D eigenvalue weighted by atomic mass is 9.91. The van der Waals surface area contributed by atoms with E-state index >= 15 is 0 Å². The van der Waals surface area contributed by atoms with Gasteiger partial charge >= 0.3 is 18.0 Å². The second-order valence-corrected chi connectivity index (χ2v) is 7.86. The summed E-state index contributed by atoms with van der Waals surface area (Å²) in [6.45, 7) is 0.103. The van der Waals surface area contributed by atoms with E-state index in [9.17, 15) is 19.5 Å². The van der Waals surface area contributed by atoms with Crippen LogP contribution in [0, 0.1) is 0 Å². The van der Waals surface area contributed by atoms with Gasteiger partial charge in [0, 0.05) is 6.54 Å². The fraction of sp³-hybridized carbons (Fsp3) is 0.320. The lowest BCUT2D eigenvalue weighted by Crippen LogP contribution is -2.40. The zero-order valence-electron chi connectivity index (χ0n) is 18.0. The van der Waals surface area contributed by atoms with Gasteiger partial charge in [0.15, 0.2) is 12.3 Å². The number of esters is 2. The van der Waals surface area contributed by atoms with E-state index < -0.39 is 36.5 Å². The molecule has 1 N–H and O–H groups in total. The monoisotopic (exact) mass is 451 g/mol. The fourth-order valence-corrected chi connectivity index (χ4v) is 3.92. The minimum atomic E-state index is -1.02. The number of hydrogen-bond acceptors (Lipinski definition) is 7. The number of nitrogens with zero attached hydrogens (tertiary/aromatic N) is 1. The minimum Gasteiger partial charge on any atom is -0.454 e. The predicted molar refractivity (Wildman–Crippen MR) is 117 cm³/mol. The van der Waals surface area contributed by atoms with Crippen molar-refractivity contribution in [1.29, 1.82) is 0 Å². The number of hydrogen-bond donors (Lipinski definition) is 1. The summed E-state index contributed by atoms with van der Waals surface area (Å²) in [4.78, 5) is 38.6. The molecule has 8 nitrogen and oxygen atoms in total. The summed E-state index contributed by atoms with van der Waals surface area (Å²) in [5.41, 5.74) is 1.52. The van der Waals surface area contributed by atoms with E-state index in [-0.39, 0.29) is 13.2 Å². The first-order valence-electron chi connectivity index (χ1n) is 10.9. The molecule has 0 radical (unpaired) electrons. The van der Waals surface area contributed by atoms with Crippen LogP contribution < -0.4 is 0 Å². The first-order chi connectivity index (χ1) is 16.0. The van der Waals surface area contributed by atoms with E-state index in [0.29, 0.717) is 30.4 Å². The first kappa shape index (κ1) is 22.5. The van der Waals surface area contributed by atoms with E-state index in [1.807, 2.05) is 6.08 Å². The predicted octanol–water partition coefficient (Wildman–Crippen LogP) is 3.32. The molecule has 0 spiro atoms. The molecule has 1 fully saturated rings. The molecule has 8 heteroatoms. The van der Waals surface area contributed by atoms with Gasteiger partial charge in [0.25, 0.3) is 0 Å². The summed E-state index contributed by atoms with van der Waals surface area (Å²) in [6, 6.07) is 17.2. The minimum absolute atomic E-state index is 0.0817. The Kier molecular flexibility index (Phi) is 7.04. The van der Waals surface area contributed by atoms with Gasteiger partial charge in [0.05, 0.1) is 11.1 Å². The summed E-state index contributed by atoms with van der Waals surface area (Å²) < 4.78 is 16.4. The molecule has 4 rings (SSSR count). The zero-order valence-corrected chi connectivity index (χ0v) is 18.0. The van der Waals surface area contributed by atoms with Gasteiger partial charge in [0.1, 0.15) is 12.7 Å². The van der Waals surface area contributed by atoms with Crippen molar-refractivity contribution < 1.29 is 33.7 Å². The highest BCUT2D eigenvalue weighted by molar-refractivity contribution is 5.90. The maximum Gasteiger partial charge on any atom is 0.412 e. The number of cyclic esters (lactones) is 1. The number of benzene rings is 2. The molecule has 1 aliphatic heterocycles. The van der Waals surface area contributed by atoms with Crippen molar-refractivity contribution in [3.05, 3.63) is 83.4 Å². The number of amides is 1. The molecule has 2 aliphatic rings. The van der Waals surface area contributed by atoms with Crippen molar-refractivity contribution in [3.8, 4) is 0 Å². The summed E-state index contributed by atoms with van der Waals surface area (Å²) in [5, 5.41) is 9.95. The van der Waals surface area contributed by atoms with Gasteiger partial charge in [-0.3, -0.25) is 4.90 Å². The number of rotatable bonds is 7. The molecular formula is C25H25NO7. The van der Waals surface area contributed by atoms with E-state index in [1.54, 1.807) is 60.7 Å². The number of carbonyl (C=O) groups is 3. The van der Waals surface area contributed by atoms with Crippen LogP contribution in [-0.2, 0) is 14.2 Å². The molecule has 2 aromatic carbocycles. The van der Waals surface area contributed by atoms with Gasteiger partial charge < -0.3 is 19.3 Å². The molecule has 1 unspecified atom stereocenters. The number of aliphatic hydroxyl groups is 1. The van der Waals surface area contributed by atoms with Crippen molar-refractivity contribution in [2.75, 3.05) is 13.2 Å². The highest BCUT2D eigenvalue weighted by Crippen LogP contribution is 2.29. The SMILES string of the molecule is O=C(O[C@H]1CCC=C(CCN2C(=O)OCC2O)[C@@H]1OC(=O)c1ccccc1)c1ccccc1. The van der Waals surface area contributed by atoms with Crippen LogP contribution in [0.5, 0.6) is 0 Å². The molecular weight excluding hydrogens is 426 g/mol. The molecule has 172 valence electrons. The van der Waals surface area contributed by atoms with Crippen LogP contribution in [0.2, 0.25) is 0 Å². The Morgan fingerprint density at radius 1 is 0.970 bits per heavy atom. The maximum atomic E-state index is 12.8. The van der Waals surface area contributed by atoms with Gasteiger partial charge in [-0.15, -0.1) is 0 Å². The standard InChI is InChI=1S/C25H25NO7/c27-21-16-31-25(30)26(21)15-14-17-12-7-13-20(32-23(28)18-8-3-1-4-9-18)22(17)33-24(29)19-10-5-2-6-11-19/h1-6,8-12,20-22,27H,7,13-16H2/t20-,21?,22-/m0/s1. The fourth-order valence-electron chi connectivity index (χ4n) is 3.92. The van der Waals surface area contributed by atoms with Crippen LogP contribution in [-0.4, -0.2) is 59.6 Å². The third-order valence-corrected chi connectivity index (χ3v) is 5.66. The first-order valence-corrected chi connectivity index (χ1v) is 10.9. The third kappa shape index (κ3) is 5.40. The van der Waals surface area contributed by atoms with Crippen LogP contribution in [0.1, 0.15) is 40.0 Å². The van der Waals surface area contributed by atoms with Gasteiger partial charge in [0.2, 0.25) is 0 Å². The molecule has 3 atom stereocenters. The van der Waals surface area contributed by atoms with Crippen molar-refractivity contribution in [2.45, 2.75) is 37.7 Å². The van der Waals surface area contributed by atoms with Crippen LogP contribution in [0.25, 0.3) is 0 Å². The van der Waals surface area contributed by atoms with Crippen LogP contribution in [0.3, 0.4) is 0 Å². The van der Waals surface area contributed by atoms with Crippen molar-refractivity contribution in [1.82, 2.24) is 4.90 Å². The number of carbonyl (C=O) groups excluding carboxylic acids is 3. The largest absolute Gasteiger partial charge is 0.454 e. The molecule has 2 aromatic rings. The van der Waals surface area contributed by atoms with E-state index in [2.05, 4.69) is 0 Å². The molecule has 1 heterocycles. The third-order valence-electron chi connectivity index (χ3n) is 5.66. The van der Waals surface area contributed by atoms with Crippen molar-refractivity contribution in [3.63, 3.8) is 0 Å². The normalized spacial score (nSPS) is 22.3. The highest BCUT2D eigenvalue weighted by Gasteiger charge is 2.36. The molecule has 33 heavy (non-hydrogen) atoms. The molecule has 0 saturated carbocycles. The molecule has 1 saturated heterocycles. The lowest BCUT2D eigenvalue weighted by molar-refractivity contribution is -0.0309. The Labute approximate surface area is 191 Å². The summed E-state index contributed by atoms with van der Waals surface area (Å²) in [7, 11) is 0. The molecule has 1 aliphatic carbocycles. The Morgan fingerprint density at radius 3 is 2.15 bits per heavy atom.